The number of pyridine rings is 1. The van der Waals surface area contributed by atoms with Gasteiger partial charge in [0.1, 0.15) is 12.0 Å². The van der Waals surface area contributed by atoms with Crippen LogP contribution in [0.1, 0.15) is 5.56 Å². The molecular weight excluding hydrogens is 294 g/mol. The van der Waals surface area contributed by atoms with Crippen LogP contribution in [0.4, 0.5) is 11.5 Å². The van der Waals surface area contributed by atoms with Crippen LogP contribution in [0.25, 0.3) is 0 Å². The minimum absolute atomic E-state index is 0.0319. The van der Waals surface area contributed by atoms with E-state index in [9.17, 15) is 10.1 Å². The molecule has 0 aliphatic heterocycles. The molecule has 0 amide bonds. The zero-order valence-corrected chi connectivity index (χ0v) is 11.9. The first-order valence-corrected chi connectivity index (χ1v) is 6.70. The summed E-state index contributed by atoms with van der Waals surface area (Å²) in [6, 6.07) is 10.5. The molecular formula is C14H14ClN3O3. The van der Waals surface area contributed by atoms with Crippen molar-refractivity contribution in [1.82, 2.24) is 4.98 Å². The van der Waals surface area contributed by atoms with Gasteiger partial charge in [-0.2, -0.15) is 0 Å². The molecule has 21 heavy (non-hydrogen) atoms. The standard InChI is InChI=1S/C14H14ClN3O3/c15-13-4-2-1-3-11(13)10-21-8-7-16-14-6-5-12(9-17-14)18(19)20/h1-6,9H,7-8,10H2,(H,16,17). The molecule has 2 aromatic rings. The molecule has 6 nitrogen and oxygen atoms in total. The quantitative estimate of drug-likeness (QED) is 0.482. The summed E-state index contributed by atoms with van der Waals surface area (Å²) in [6.07, 6.45) is 1.22. The Morgan fingerprint density at radius 2 is 2.10 bits per heavy atom. The summed E-state index contributed by atoms with van der Waals surface area (Å²) < 4.78 is 5.50. The molecule has 0 radical (unpaired) electrons. The fourth-order valence-electron chi connectivity index (χ4n) is 1.65. The number of anilines is 1. The van der Waals surface area contributed by atoms with E-state index in [0.29, 0.717) is 30.6 Å². The van der Waals surface area contributed by atoms with E-state index in [4.69, 9.17) is 16.3 Å². The smallest absolute Gasteiger partial charge is 0.287 e. The highest BCUT2D eigenvalue weighted by atomic mass is 35.5. The third kappa shape index (κ3) is 4.70. The lowest BCUT2D eigenvalue weighted by atomic mass is 10.2. The highest BCUT2D eigenvalue weighted by molar-refractivity contribution is 6.31. The molecule has 1 N–H and O–H groups in total. The van der Waals surface area contributed by atoms with E-state index in [-0.39, 0.29) is 5.69 Å². The van der Waals surface area contributed by atoms with Crippen molar-refractivity contribution in [3.05, 3.63) is 63.3 Å². The Morgan fingerprint density at radius 1 is 1.29 bits per heavy atom. The molecule has 7 heteroatoms. The van der Waals surface area contributed by atoms with Crippen LogP contribution in [0.5, 0.6) is 0 Å². The van der Waals surface area contributed by atoms with Crippen molar-refractivity contribution in [1.29, 1.82) is 0 Å². The SMILES string of the molecule is O=[N+]([O-])c1ccc(NCCOCc2ccccc2Cl)nc1. The van der Waals surface area contributed by atoms with E-state index in [1.54, 1.807) is 6.07 Å². The van der Waals surface area contributed by atoms with Crippen molar-refractivity contribution in [3.8, 4) is 0 Å². The van der Waals surface area contributed by atoms with E-state index < -0.39 is 4.92 Å². The zero-order valence-electron chi connectivity index (χ0n) is 11.2. The molecule has 0 aliphatic rings. The minimum atomic E-state index is -0.483. The average Bonchev–Trinajstić information content (AvgIpc) is 2.49. The van der Waals surface area contributed by atoms with Gasteiger partial charge in [-0.25, -0.2) is 4.98 Å². The van der Waals surface area contributed by atoms with Crippen LogP contribution in [0.15, 0.2) is 42.6 Å². The molecule has 1 aromatic heterocycles. The van der Waals surface area contributed by atoms with E-state index in [1.807, 2.05) is 24.3 Å². The fourth-order valence-corrected chi connectivity index (χ4v) is 1.84. The number of nitrogens with one attached hydrogen (secondary N) is 1. The monoisotopic (exact) mass is 307 g/mol. The number of hydrogen-bond donors (Lipinski definition) is 1. The minimum Gasteiger partial charge on any atom is -0.375 e. The first-order valence-electron chi connectivity index (χ1n) is 6.32. The highest BCUT2D eigenvalue weighted by Gasteiger charge is 2.04. The van der Waals surface area contributed by atoms with Gasteiger partial charge in [0.05, 0.1) is 18.1 Å². The number of aromatic nitrogens is 1. The summed E-state index contributed by atoms with van der Waals surface area (Å²) >= 11 is 6.01. The molecule has 0 unspecified atom stereocenters. The summed E-state index contributed by atoms with van der Waals surface area (Å²) in [4.78, 5) is 13.9. The lowest BCUT2D eigenvalue weighted by Gasteiger charge is -2.07. The number of benzene rings is 1. The predicted molar refractivity (Wildman–Crippen MR) is 80.5 cm³/mol. The average molecular weight is 308 g/mol. The van der Waals surface area contributed by atoms with Crippen molar-refractivity contribution >= 4 is 23.1 Å². The molecule has 110 valence electrons. The number of nitrogens with zero attached hydrogens (tertiary/aromatic N) is 2. The molecule has 1 heterocycles. The van der Waals surface area contributed by atoms with Crippen LogP contribution in [-0.2, 0) is 11.3 Å². The first-order chi connectivity index (χ1) is 10.2. The largest absolute Gasteiger partial charge is 0.375 e. The highest BCUT2D eigenvalue weighted by Crippen LogP contribution is 2.15. The van der Waals surface area contributed by atoms with Crippen LogP contribution in [0, 0.1) is 10.1 Å². The molecule has 0 aliphatic carbocycles. The Morgan fingerprint density at radius 3 is 2.76 bits per heavy atom. The van der Waals surface area contributed by atoms with Crippen LogP contribution >= 0.6 is 11.6 Å². The zero-order chi connectivity index (χ0) is 15.1. The van der Waals surface area contributed by atoms with E-state index in [1.165, 1.54) is 12.3 Å². The third-order valence-corrected chi connectivity index (χ3v) is 3.10. The second-order valence-electron chi connectivity index (χ2n) is 4.23. The van der Waals surface area contributed by atoms with Gasteiger partial charge in [-0.05, 0) is 17.7 Å². The lowest BCUT2D eigenvalue weighted by Crippen LogP contribution is -2.10. The van der Waals surface area contributed by atoms with Crippen LogP contribution < -0.4 is 5.32 Å². The molecule has 0 fully saturated rings. The molecule has 0 bridgehead atoms. The Bertz CT molecular complexity index is 605. The molecule has 0 saturated carbocycles. The Balaban J connectivity index is 1.70. The van der Waals surface area contributed by atoms with Gasteiger partial charge in [-0.1, -0.05) is 29.8 Å². The second kappa shape index (κ2) is 7.56. The van der Waals surface area contributed by atoms with Crippen molar-refractivity contribution in [2.75, 3.05) is 18.5 Å². The Labute approximate surface area is 126 Å². The summed E-state index contributed by atoms with van der Waals surface area (Å²) in [5.74, 6) is 0.571. The van der Waals surface area contributed by atoms with Crippen LogP contribution in [-0.4, -0.2) is 23.1 Å². The summed E-state index contributed by atoms with van der Waals surface area (Å²) in [6.45, 7) is 1.47. The maximum Gasteiger partial charge on any atom is 0.287 e. The van der Waals surface area contributed by atoms with E-state index in [2.05, 4.69) is 10.3 Å². The third-order valence-electron chi connectivity index (χ3n) is 2.73. The van der Waals surface area contributed by atoms with Gasteiger partial charge in [-0.3, -0.25) is 10.1 Å². The fraction of sp³-hybridized carbons (Fsp3) is 0.214. The van der Waals surface area contributed by atoms with Crippen molar-refractivity contribution in [2.24, 2.45) is 0 Å². The van der Waals surface area contributed by atoms with Gasteiger partial charge in [0, 0.05) is 17.6 Å². The number of ether oxygens (including phenoxy) is 1. The molecule has 2 rings (SSSR count). The van der Waals surface area contributed by atoms with Gasteiger partial charge in [-0.15, -0.1) is 0 Å². The normalized spacial score (nSPS) is 10.3. The molecule has 0 saturated heterocycles. The first kappa shape index (κ1) is 15.2. The number of hydrogen-bond acceptors (Lipinski definition) is 5. The van der Waals surface area contributed by atoms with Crippen molar-refractivity contribution in [3.63, 3.8) is 0 Å². The molecule has 0 spiro atoms. The summed E-state index contributed by atoms with van der Waals surface area (Å²) in [5, 5.41) is 14.2. The van der Waals surface area contributed by atoms with Crippen LogP contribution in [0.2, 0.25) is 5.02 Å². The van der Waals surface area contributed by atoms with E-state index >= 15 is 0 Å². The number of nitro groups is 1. The summed E-state index contributed by atoms with van der Waals surface area (Å²) in [5.41, 5.74) is 0.906. The van der Waals surface area contributed by atoms with E-state index in [0.717, 1.165) is 5.56 Å². The maximum atomic E-state index is 10.5. The summed E-state index contributed by atoms with van der Waals surface area (Å²) in [7, 11) is 0. The Kier molecular flexibility index (Phi) is 5.48. The van der Waals surface area contributed by atoms with Gasteiger partial charge in [0.2, 0.25) is 0 Å². The maximum absolute atomic E-state index is 10.5. The topological polar surface area (TPSA) is 77.3 Å². The van der Waals surface area contributed by atoms with Gasteiger partial charge < -0.3 is 10.1 Å². The Hall–Kier alpha value is -2.18. The lowest BCUT2D eigenvalue weighted by molar-refractivity contribution is -0.385. The van der Waals surface area contributed by atoms with Crippen LogP contribution in [0.3, 0.4) is 0 Å². The second-order valence-corrected chi connectivity index (χ2v) is 4.64. The predicted octanol–water partition coefficient (Wildman–Crippen LogP) is 3.27. The molecule has 0 atom stereocenters. The van der Waals surface area contributed by atoms with Gasteiger partial charge in [0.25, 0.3) is 5.69 Å². The van der Waals surface area contributed by atoms with Crippen molar-refractivity contribution in [2.45, 2.75) is 6.61 Å². The van der Waals surface area contributed by atoms with Gasteiger partial charge in [0.15, 0.2) is 0 Å². The van der Waals surface area contributed by atoms with Crippen molar-refractivity contribution < 1.29 is 9.66 Å². The van der Waals surface area contributed by atoms with Gasteiger partial charge >= 0.3 is 0 Å². The number of rotatable bonds is 7. The molecule has 1 aromatic carbocycles. The number of halogens is 1.